The van der Waals surface area contributed by atoms with Crippen LogP contribution >= 0.6 is 11.3 Å². The second kappa shape index (κ2) is 6.88. The van der Waals surface area contributed by atoms with Crippen LogP contribution in [-0.2, 0) is 6.61 Å². The Morgan fingerprint density at radius 2 is 1.68 bits per heavy atom. The van der Waals surface area contributed by atoms with Gasteiger partial charge >= 0.3 is 0 Å². The molecule has 4 aromatic rings. The Morgan fingerprint density at radius 1 is 0.920 bits per heavy atom. The van der Waals surface area contributed by atoms with Gasteiger partial charge in [0.25, 0.3) is 5.89 Å². The van der Waals surface area contributed by atoms with Gasteiger partial charge in [0.15, 0.2) is 0 Å². The second-order valence-electron chi connectivity index (χ2n) is 5.29. The predicted molar refractivity (Wildman–Crippen MR) is 95.5 cm³/mol. The van der Waals surface area contributed by atoms with Crippen molar-refractivity contribution in [2.24, 2.45) is 0 Å². The molecule has 0 spiro atoms. The quantitative estimate of drug-likeness (QED) is 0.562. The molecule has 0 aliphatic heterocycles. The van der Waals surface area contributed by atoms with E-state index >= 15 is 0 Å². The maximum atomic E-state index is 9.15. The lowest BCUT2D eigenvalue weighted by Gasteiger charge is -2.05. The number of aromatic nitrogens is 2. The summed E-state index contributed by atoms with van der Waals surface area (Å²) in [5, 5.41) is 13.2. The van der Waals surface area contributed by atoms with Gasteiger partial charge in [0.2, 0.25) is 5.82 Å². The summed E-state index contributed by atoms with van der Waals surface area (Å²) >= 11 is 1.44. The first-order valence-electron chi connectivity index (χ1n) is 7.69. The first-order chi connectivity index (χ1) is 12.3. The molecule has 5 nitrogen and oxygen atoms in total. The van der Waals surface area contributed by atoms with Gasteiger partial charge in [-0.15, -0.1) is 11.3 Å². The van der Waals surface area contributed by atoms with Gasteiger partial charge in [-0.25, -0.2) is 0 Å². The maximum Gasteiger partial charge on any atom is 0.258 e. The van der Waals surface area contributed by atoms with Crippen LogP contribution in [0.3, 0.4) is 0 Å². The molecule has 0 saturated heterocycles. The van der Waals surface area contributed by atoms with E-state index in [-0.39, 0.29) is 6.61 Å². The second-order valence-corrected chi connectivity index (χ2v) is 6.46. The number of benzene rings is 2. The van der Waals surface area contributed by atoms with Crippen LogP contribution in [0.4, 0.5) is 0 Å². The van der Waals surface area contributed by atoms with Gasteiger partial charge < -0.3 is 14.4 Å². The molecule has 0 aliphatic carbocycles. The lowest BCUT2D eigenvalue weighted by Crippen LogP contribution is -1.84. The Bertz CT molecular complexity index is 962. The number of hydrogen-bond donors (Lipinski definition) is 1. The maximum absolute atomic E-state index is 9.15. The molecule has 4 rings (SSSR count). The molecule has 6 heteroatoms. The average molecular weight is 350 g/mol. The van der Waals surface area contributed by atoms with Gasteiger partial charge in [-0.2, -0.15) is 4.98 Å². The lowest BCUT2D eigenvalue weighted by atomic mass is 10.2. The zero-order chi connectivity index (χ0) is 17.1. The number of rotatable bonds is 5. The lowest BCUT2D eigenvalue weighted by molar-refractivity contribution is 0.285. The number of hydrogen-bond acceptors (Lipinski definition) is 6. The van der Waals surface area contributed by atoms with Gasteiger partial charge in [0.05, 0.1) is 11.5 Å². The molecule has 0 fully saturated rings. The number of aliphatic hydroxyl groups excluding tert-OH is 1. The molecular weight excluding hydrogens is 336 g/mol. The number of nitrogens with zero attached hydrogens (tertiary/aromatic N) is 2. The van der Waals surface area contributed by atoms with Crippen molar-refractivity contribution < 1.29 is 14.4 Å². The highest BCUT2D eigenvalue weighted by Gasteiger charge is 2.12. The van der Waals surface area contributed by atoms with E-state index in [1.54, 1.807) is 0 Å². The molecule has 0 unspecified atom stereocenters. The summed E-state index contributed by atoms with van der Waals surface area (Å²) in [4.78, 5) is 6.15. The van der Waals surface area contributed by atoms with Gasteiger partial charge in [-0.05, 0) is 48.5 Å². The molecule has 0 radical (unpaired) electrons. The summed E-state index contributed by atoms with van der Waals surface area (Å²) in [6.45, 7) is 0.0122. The summed E-state index contributed by atoms with van der Waals surface area (Å²) in [6.07, 6.45) is 0. The standard InChI is InChI=1S/C19H14N2O3S/c22-12-16-10-11-17(25-16)18-20-19(24-21-18)13-6-8-15(9-7-13)23-14-4-2-1-3-5-14/h1-11,22H,12H2. The molecule has 2 aromatic carbocycles. The van der Waals surface area contributed by atoms with Crippen LogP contribution < -0.4 is 4.74 Å². The highest BCUT2D eigenvalue weighted by Crippen LogP contribution is 2.29. The average Bonchev–Trinajstić information content (AvgIpc) is 3.32. The van der Waals surface area contributed by atoms with Crippen molar-refractivity contribution in [3.8, 4) is 33.7 Å². The molecule has 25 heavy (non-hydrogen) atoms. The number of ether oxygens (including phenoxy) is 1. The Hall–Kier alpha value is -2.96. The van der Waals surface area contributed by atoms with Crippen molar-refractivity contribution in [1.29, 1.82) is 0 Å². The zero-order valence-corrected chi connectivity index (χ0v) is 13.9. The number of aliphatic hydroxyl groups is 1. The van der Waals surface area contributed by atoms with Crippen LogP contribution in [0, 0.1) is 0 Å². The first-order valence-corrected chi connectivity index (χ1v) is 8.50. The van der Waals surface area contributed by atoms with E-state index in [1.165, 1.54) is 11.3 Å². The molecule has 1 N–H and O–H groups in total. The third-order valence-corrected chi connectivity index (χ3v) is 4.61. The van der Waals surface area contributed by atoms with E-state index in [1.807, 2.05) is 66.7 Å². The number of thiophene rings is 1. The van der Waals surface area contributed by atoms with Crippen LogP contribution in [0.15, 0.2) is 71.3 Å². The van der Waals surface area contributed by atoms with Crippen molar-refractivity contribution in [3.05, 3.63) is 71.6 Å². The molecule has 0 amide bonds. The van der Waals surface area contributed by atoms with Crippen LogP contribution in [0.25, 0.3) is 22.2 Å². The van der Waals surface area contributed by atoms with Crippen LogP contribution in [-0.4, -0.2) is 15.2 Å². The van der Waals surface area contributed by atoms with Crippen LogP contribution in [0.5, 0.6) is 11.5 Å². The van der Waals surface area contributed by atoms with E-state index in [0.717, 1.165) is 26.8 Å². The third-order valence-electron chi connectivity index (χ3n) is 3.54. The number of para-hydroxylation sites is 1. The normalized spacial score (nSPS) is 10.8. The Labute approximate surface area is 148 Å². The monoisotopic (exact) mass is 350 g/mol. The van der Waals surface area contributed by atoms with Crippen molar-refractivity contribution >= 4 is 11.3 Å². The summed E-state index contributed by atoms with van der Waals surface area (Å²) in [6, 6.07) is 20.8. The molecule has 2 aromatic heterocycles. The summed E-state index contributed by atoms with van der Waals surface area (Å²) < 4.78 is 11.1. The fraction of sp³-hybridized carbons (Fsp3) is 0.0526. The molecular formula is C19H14N2O3S. The zero-order valence-electron chi connectivity index (χ0n) is 13.1. The first kappa shape index (κ1) is 15.6. The van der Waals surface area contributed by atoms with Crippen LogP contribution in [0.2, 0.25) is 0 Å². The summed E-state index contributed by atoms with van der Waals surface area (Å²) in [7, 11) is 0. The van der Waals surface area contributed by atoms with Crippen LogP contribution in [0.1, 0.15) is 4.88 Å². The summed E-state index contributed by atoms with van der Waals surface area (Å²) in [5.41, 5.74) is 0.818. The largest absolute Gasteiger partial charge is 0.457 e. The Balaban J connectivity index is 1.52. The van der Waals surface area contributed by atoms with Crippen molar-refractivity contribution in [3.63, 3.8) is 0 Å². The minimum atomic E-state index is 0.0122. The minimum absolute atomic E-state index is 0.0122. The molecule has 0 saturated carbocycles. The van der Waals surface area contributed by atoms with Gasteiger partial charge in [-0.3, -0.25) is 0 Å². The van der Waals surface area contributed by atoms with Gasteiger partial charge in [0, 0.05) is 10.4 Å². The topological polar surface area (TPSA) is 68.4 Å². The van der Waals surface area contributed by atoms with Gasteiger partial charge in [0.1, 0.15) is 11.5 Å². The third kappa shape index (κ3) is 3.45. The minimum Gasteiger partial charge on any atom is -0.457 e. The van der Waals surface area contributed by atoms with E-state index in [0.29, 0.717) is 11.7 Å². The Morgan fingerprint density at radius 3 is 2.40 bits per heavy atom. The predicted octanol–water partition coefficient (Wildman–Crippen LogP) is 4.75. The smallest absolute Gasteiger partial charge is 0.258 e. The Kier molecular flexibility index (Phi) is 4.28. The van der Waals surface area contributed by atoms with E-state index in [9.17, 15) is 0 Å². The van der Waals surface area contributed by atoms with Crippen molar-refractivity contribution in [1.82, 2.24) is 10.1 Å². The molecule has 2 heterocycles. The van der Waals surface area contributed by atoms with E-state index in [4.69, 9.17) is 14.4 Å². The van der Waals surface area contributed by atoms with E-state index in [2.05, 4.69) is 10.1 Å². The van der Waals surface area contributed by atoms with E-state index < -0.39 is 0 Å². The molecule has 0 bridgehead atoms. The highest BCUT2D eigenvalue weighted by atomic mass is 32.1. The fourth-order valence-corrected chi connectivity index (χ4v) is 3.11. The SMILES string of the molecule is OCc1ccc(-c2noc(-c3ccc(Oc4ccccc4)cc3)n2)s1. The molecule has 0 aliphatic rings. The van der Waals surface area contributed by atoms with Crippen molar-refractivity contribution in [2.45, 2.75) is 6.61 Å². The van der Waals surface area contributed by atoms with Gasteiger partial charge in [-0.1, -0.05) is 23.4 Å². The highest BCUT2D eigenvalue weighted by molar-refractivity contribution is 7.15. The molecule has 0 atom stereocenters. The molecule has 124 valence electrons. The fourth-order valence-electron chi connectivity index (χ4n) is 2.31. The summed E-state index contributed by atoms with van der Waals surface area (Å²) in [5.74, 6) is 2.48. The van der Waals surface area contributed by atoms with Crippen molar-refractivity contribution in [2.75, 3.05) is 0 Å².